The van der Waals surface area contributed by atoms with Crippen molar-refractivity contribution < 1.29 is 19.1 Å². The molecule has 2 aromatic rings. The largest absolute Gasteiger partial charge is 0.451 e. The zero-order valence-corrected chi connectivity index (χ0v) is 18.1. The number of ether oxygens (including phenoxy) is 1. The first kappa shape index (κ1) is 22.4. The van der Waals surface area contributed by atoms with Crippen LogP contribution in [0.25, 0.3) is 0 Å². The average molecular weight is 441 g/mol. The second-order valence-electron chi connectivity index (χ2n) is 7.13. The van der Waals surface area contributed by atoms with Gasteiger partial charge in [-0.3, -0.25) is 19.8 Å². The number of thioether (sulfide) groups is 1. The number of aryl methyl sites for hydroxylation is 1. The number of nitrogens with one attached hydrogen (secondary N) is 2. The molecule has 1 saturated heterocycles. The van der Waals surface area contributed by atoms with E-state index < -0.39 is 23.2 Å². The molecule has 1 fully saturated rings. The molecule has 1 aliphatic heterocycles. The van der Waals surface area contributed by atoms with Crippen molar-refractivity contribution in [3.05, 3.63) is 59.7 Å². The molecule has 0 spiro atoms. The van der Waals surface area contributed by atoms with Crippen LogP contribution in [0.5, 0.6) is 0 Å². The second kappa shape index (κ2) is 9.65. The van der Waals surface area contributed by atoms with Crippen molar-refractivity contribution in [2.45, 2.75) is 25.2 Å². The molecule has 0 aromatic heterocycles. The van der Waals surface area contributed by atoms with E-state index >= 15 is 0 Å². The normalized spacial score (nSPS) is 17.0. The van der Waals surface area contributed by atoms with Crippen LogP contribution < -0.4 is 16.0 Å². The Labute approximate surface area is 184 Å². The van der Waals surface area contributed by atoms with Gasteiger partial charge in [0.25, 0.3) is 5.91 Å². The summed E-state index contributed by atoms with van der Waals surface area (Å²) in [6.45, 7) is 3.67. The quantitative estimate of drug-likeness (QED) is 0.360. The smallest absolute Gasteiger partial charge is 0.303 e. The fourth-order valence-corrected chi connectivity index (χ4v) is 4.35. The van der Waals surface area contributed by atoms with Crippen molar-refractivity contribution in [2.75, 3.05) is 22.5 Å². The highest BCUT2D eigenvalue weighted by atomic mass is 32.2. The molecule has 2 atom stereocenters. The number of hydrogen-bond acceptors (Lipinski definition) is 6. The Hall–Kier alpha value is -3.33. The van der Waals surface area contributed by atoms with Crippen LogP contribution in [0.3, 0.4) is 0 Å². The predicted octanol–water partition coefficient (Wildman–Crippen LogP) is 2.30. The molecule has 1 heterocycles. The Balaban J connectivity index is 1.80. The third-order valence-corrected chi connectivity index (χ3v) is 5.98. The van der Waals surface area contributed by atoms with Gasteiger partial charge >= 0.3 is 5.97 Å². The van der Waals surface area contributed by atoms with E-state index in [2.05, 4.69) is 5.32 Å². The number of nitrogen functional groups attached to an aromatic ring is 1. The van der Waals surface area contributed by atoms with Gasteiger partial charge in [-0.2, -0.15) is 0 Å². The molecule has 3 rings (SSSR count). The SMILES string of the molecule is CC(=O)OC(C(=O)Nc1ccc(C(=N)N)cc1)C1SCCN(c2ccc(C)cc2)C1=O. The topological polar surface area (TPSA) is 126 Å². The Bertz CT molecular complexity index is 992. The molecule has 2 unspecified atom stereocenters. The molecule has 31 heavy (non-hydrogen) atoms. The Morgan fingerprint density at radius 3 is 2.42 bits per heavy atom. The summed E-state index contributed by atoms with van der Waals surface area (Å²) in [5, 5.41) is 9.25. The minimum atomic E-state index is -1.28. The third-order valence-electron chi connectivity index (χ3n) is 4.76. The van der Waals surface area contributed by atoms with Gasteiger partial charge in [0.2, 0.25) is 12.0 Å². The number of rotatable bonds is 6. The van der Waals surface area contributed by atoms with E-state index in [9.17, 15) is 14.4 Å². The Morgan fingerprint density at radius 1 is 1.19 bits per heavy atom. The summed E-state index contributed by atoms with van der Waals surface area (Å²) in [6, 6.07) is 13.9. The molecule has 0 radical (unpaired) electrons. The molecule has 162 valence electrons. The summed E-state index contributed by atoms with van der Waals surface area (Å²) in [4.78, 5) is 39.5. The van der Waals surface area contributed by atoms with Crippen LogP contribution in [0.15, 0.2) is 48.5 Å². The van der Waals surface area contributed by atoms with Crippen molar-refractivity contribution >= 4 is 46.8 Å². The molecule has 2 aromatic carbocycles. The maximum atomic E-state index is 13.2. The number of nitrogens with two attached hydrogens (primary N) is 1. The molecule has 8 nitrogen and oxygen atoms in total. The first-order chi connectivity index (χ1) is 14.8. The summed E-state index contributed by atoms with van der Waals surface area (Å²) < 4.78 is 5.29. The highest BCUT2D eigenvalue weighted by molar-refractivity contribution is 8.00. The first-order valence-corrected chi connectivity index (χ1v) is 10.7. The number of anilines is 2. The standard InChI is InChI=1S/C22H24N4O4S/c1-13-3-9-17(10-4-13)26-11-12-31-19(22(26)29)18(30-14(2)27)21(28)25-16-7-5-15(6-8-16)20(23)24/h3-10,18-19H,11-12H2,1-2H3,(H3,23,24)(H,25,28). The summed E-state index contributed by atoms with van der Waals surface area (Å²) in [7, 11) is 0. The zero-order valence-electron chi connectivity index (χ0n) is 17.3. The van der Waals surface area contributed by atoms with Crippen LogP contribution in [0.4, 0.5) is 11.4 Å². The van der Waals surface area contributed by atoms with Crippen LogP contribution in [0.1, 0.15) is 18.1 Å². The third kappa shape index (κ3) is 5.43. The van der Waals surface area contributed by atoms with Gasteiger partial charge in [0, 0.05) is 36.2 Å². The van der Waals surface area contributed by atoms with E-state index in [0.717, 1.165) is 11.3 Å². The molecule has 0 bridgehead atoms. The lowest BCUT2D eigenvalue weighted by molar-refractivity contribution is -0.153. The monoisotopic (exact) mass is 440 g/mol. The predicted molar refractivity (Wildman–Crippen MR) is 121 cm³/mol. The van der Waals surface area contributed by atoms with Gasteiger partial charge in [-0.15, -0.1) is 11.8 Å². The molecule has 0 aliphatic carbocycles. The van der Waals surface area contributed by atoms with Crippen LogP contribution in [0.2, 0.25) is 0 Å². The van der Waals surface area contributed by atoms with Crippen LogP contribution in [-0.2, 0) is 19.1 Å². The molecule has 1 aliphatic rings. The number of carbonyl (C=O) groups excluding carboxylic acids is 3. The van der Waals surface area contributed by atoms with Gasteiger partial charge in [0.15, 0.2) is 0 Å². The number of nitrogens with zero attached hydrogens (tertiary/aromatic N) is 1. The number of hydrogen-bond donors (Lipinski definition) is 3. The highest BCUT2D eigenvalue weighted by Crippen LogP contribution is 2.29. The first-order valence-electron chi connectivity index (χ1n) is 9.68. The molecule has 4 N–H and O–H groups in total. The molecule has 0 saturated carbocycles. The van der Waals surface area contributed by atoms with Gasteiger partial charge in [-0.05, 0) is 43.3 Å². The summed E-state index contributed by atoms with van der Waals surface area (Å²) in [5.41, 5.74) is 8.21. The van der Waals surface area contributed by atoms with Crippen LogP contribution in [0, 0.1) is 12.3 Å². The van der Waals surface area contributed by atoms with E-state index in [1.54, 1.807) is 29.2 Å². The van der Waals surface area contributed by atoms with Crippen LogP contribution in [-0.4, -0.2) is 47.3 Å². The lowest BCUT2D eigenvalue weighted by Gasteiger charge is -2.34. The summed E-state index contributed by atoms with van der Waals surface area (Å²) >= 11 is 1.29. The van der Waals surface area contributed by atoms with Crippen molar-refractivity contribution in [3.63, 3.8) is 0 Å². The van der Waals surface area contributed by atoms with Gasteiger partial charge in [0.1, 0.15) is 11.1 Å². The van der Waals surface area contributed by atoms with Crippen LogP contribution >= 0.6 is 11.8 Å². The van der Waals surface area contributed by atoms with E-state index in [0.29, 0.717) is 23.5 Å². The van der Waals surface area contributed by atoms with Crippen molar-refractivity contribution in [3.8, 4) is 0 Å². The number of benzene rings is 2. The van der Waals surface area contributed by atoms with Crippen molar-refractivity contribution in [2.24, 2.45) is 5.73 Å². The molecular formula is C22H24N4O4S. The average Bonchev–Trinajstić information content (AvgIpc) is 2.73. The minimum Gasteiger partial charge on any atom is -0.451 e. The molecular weight excluding hydrogens is 416 g/mol. The minimum absolute atomic E-state index is 0.0870. The second-order valence-corrected chi connectivity index (χ2v) is 8.38. The van der Waals surface area contributed by atoms with E-state index in [-0.39, 0.29) is 11.7 Å². The summed E-state index contributed by atoms with van der Waals surface area (Å²) in [6.07, 6.45) is -1.28. The number of amides is 2. The lowest BCUT2D eigenvalue weighted by atomic mass is 10.1. The van der Waals surface area contributed by atoms with E-state index in [1.807, 2.05) is 31.2 Å². The maximum Gasteiger partial charge on any atom is 0.303 e. The molecule has 9 heteroatoms. The van der Waals surface area contributed by atoms with Gasteiger partial charge in [-0.1, -0.05) is 17.7 Å². The number of carbonyl (C=O) groups is 3. The number of esters is 1. The van der Waals surface area contributed by atoms with Crippen molar-refractivity contribution in [1.82, 2.24) is 0 Å². The maximum absolute atomic E-state index is 13.2. The van der Waals surface area contributed by atoms with E-state index in [4.69, 9.17) is 15.9 Å². The Kier molecular flexibility index (Phi) is 6.96. The Morgan fingerprint density at radius 2 is 1.84 bits per heavy atom. The fraction of sp³-hybridized carbons (Fsp3) is 0.273. The van der Waals surface area contributed by atoms with Gasteiger partial charge in [-0.25, -0.2) is 0 Å². The molecule has 2 amide bonds. The van der Waals surface area contributed by atoms with Gasteiger partial charge in [0.05, 0.1) is 0 Å². The summed E-state index contributed by atoms with van der Waals surface area (Å²) in [5.74, 6) is -1.01. The van der Waals surface area contributed by atoms with Gasteiger partial charge < -0.3 is 20.7 Å². The number of amidine groups is 1. The van der Waals surface area contributed by atoms with Crippen molar-refractivity contribution in [1.29, 1.82) is 5.41 Å². The highest BCUT2D eigenvalue weighted by Gasteiger charge is 2.42. The fourth-order valence-electron chi connectivity index (χ4n) is 3.18. The zero-order chi connectivity index (χ0) is 22.5. The lowest BCUT2D eigenvalue weighted by Crippen LogP contribution is -2.53. The van der Waals surface area contributed by atoms with E-state index in [1.165, 1.54) is 18.7 Å².